The summed E-state index contributed by atoms with van der Waals surface area (Å²) >= 11 is 5.78. The number of nitrogens with zero attached hydrogens (tertiary/aromatic N) is 2. The van der Waals surface area contributed by atoms with Crippen molar-refractivity contribution in [2.24, 2.45) is 0 Å². The molecule has 0 radical (unpaired) electrons. The number of fused-ring (bicyclic) bond motifs is 1. The molecule has 1 aliphatic heterocycles. The maximum absolute atomic E-state index is 13.0. The van der Waals surface area contributed by atoms with E-state index in [1.54, 1.807) is 0 Å². The standard InChI is InChI=1S/C20H16ClF3N4O3/c21-14-7-13(20(22,23)24)9-25-16(14)26-15(29)10-28-17(30)19(27-18(28)31)6-5-11-3-1-2-4-12(11)8-19/h1-4,7,9H,5-6,8,10H2,(H,27,31)(H,25,26,29). The molecule has 1 aromatic heterocycles. The third kappa shape index (κ3) is 3.95. The van der Waals surface area contributed by atoms with Crippen LogP contribution in [-0.2, 0) is 28.6 Å². The predicted molar refractivity (Wildman–Crippen MR) is 104 cm³/mol. The van der Waals surface area contributed by atoms with E-state index in [9.17, 15) is 27.6 Å². The zero-order valence-electron chi connectivity index (χ0n) is 15.9. The Morgan fingerprint density at radius 2 is 1.97 bits per heavy atom. The fourth-order valence-electron chi connectivity index (χ4n) is 3.84. The lowest BCUT2D eigenvalue weighted by molar-refractivity contribution is -0.137. The quantitative estimate of drug-likeness (QED) is 0.700. The lowest BCUT2D eigenvalue weighted by Gasteiger charge is -2.32. The van der Waals surface area contributed by atoms with Gasteiger partial charge < -0.3 is 10.6 Å². The van der Waals surface area contributed by atoms with Crippen LogP contribution in [0, 0.1) is 0 Å². The fraction of sp³-hybridized carbons (Fsp3) is 0.300. The molecule has 4 amide bonds. The van der Waals surface area contributed by atoms with Crippen LogP contribution in [0.4, 0.5) is 23.8 Å². The van der Waals surface area contributed by atoms with Gasteiger partial charge in [-0.3, -0.25) is 14.5 Å². The lowest BCUT2D eigenvalue weighted by atomic mass is 9.78. The smallest absolute Gasteiger partial charge is 0.323 e. The molecule has 2 heterocycles. The van der Waals surface area contributed by atoms with E-state index < -0.39 is 46.7 Å². The zero-order chi connectivity index (χ0) is 22.4. The molecule has 1 unspecified atom stereocenters. The number of halogens is 4. The largest absolute Gasteiger partial charge is 0.417 e. The third-order valence-electron chi connectivity index (χ3n) is 5.41. The Bertz CT molecular complexity index is 1090. The van der Waals surface area contributed by atoms with Crippen LogP contribution in [0.15, 0.2) is 36.5 Å². The van der Waals surface area contributed by atoms with Gasteiger partial charge in [0.1, 0.15) is 12.1 Å². The molecule has 1 spiro atoms. The van der Waals surface area contributed by atoms with Gasteiger partial charge in [-0.05, 0) is 30.0 Å². The Hall–Kier alpha value is -3.14. The van der Waals surface area contributed by atoms with Crippen LogP contribution in [0.5, 0.6) is 0 Å². The lowest BCUT2D eigenvalue weighted by Crippen LogP contribution is -2.51. The second-order valence-electron chi connectivity index (χ2n) is 7.45. The van der Waals surface area contributed by atoms with E-state index in [0.717, 1.165) is 16.0 Å². The summed E-state index contributed by atoms with van der Waals surface area (Å²) < 4.78 is 38.1. The van der Waals surface area contributed by atoms with Crippen LogP contribution < -0.4 is 10.6 Å². The highest BCUT2D eigenvalue weighted by atomic mass is 35.5. The minimum absolute atomic E-state index is 0.298. The number of hydrogen-bond acceptors (Lipinski definition) is 4. The van der Waals surface area contributed by atoms with E-state index in [-0.39, 0.29) is 5.82 Å². The summed E-state index contributed by atoms with van der Waals surface area (Å²) in [5.74, 6) is -1.63. The van der Waals surface area contributed by atoms with Crippen LogP contribution in [0.1, 0.15) is 23.1 Å². The van der Waals surface area contributed by atoms with Crippen molar-refractivity contribution in [1.82, 2.24) is 15.2 Å². The van der Waals surface area contributed by atoms with Gasteiger partial charge in [-0.15, -0.1) is 0 Å². The van der Waals surface area contributed by atoms with E-state index in [1.165, 1.54) is 0 Å². The number of alkyl halides is 3. The first-order valence-electron chi connectivity index (χ1n) is 9.32. The number of carbonyl (C=O) groups excluding carboxylic acids is 3. The Labute approximate surface area is 179 Å². The van der Waals surface area contributed by atoms with Crippen molar-refractivity contribution >= 4 is 35.3 Å². The highest BCUT2D eigenvalue weighted by Gasteiger charge is 2.52. The van der Waals surface area contributed by atoms with Crippen molar-refractivity contribution in [3.63, 3.8) is 0 Å². The fourth-order valence-corrected chi connectivity index (χ4v) is 4.06. The number of benzene rings is 1. The SMILES string of the molecule is O=C(CN1C(=O)NC2(CCc3ccccc3C2)C1=O)Nc1ncc(C(F)(F)F)cc1Cl. The van der Waals surface area contributed by atoms with Crippen molar-refractivity contribution in [3.8, 4) is 0 Å². The minimum atomic E-state index is -4.63. The number of carbonyl (C=O) groups is 3. The molecule has 4 rings (SSSR count). The molecule has 2 N–H and O–H groups in total. The number of hydrogen-bond donors (Lipinski definition) is 2. The monoisotopic (exact) mass is 452 g/mol. The number of imide groups is 1. The number of anilines is 1. The molecule has 1 saturated heterocycles. The highest BCUT2D eigenvalue weighted by Crippen LogP contribution is 2.34. The molecule has 0 bridgehead atoms. The maximum atomic E-state index is 13.0. The molecule has 1 atom stereocenters. The van der Waals surface area contributed by atoms with Gasteiger partial charge in [-0.25, -0.2) is 9.78 Å². The summed E-state index contributed by atoms with van der Waals surface area (Å²) in [5.41, 5.74) is -0.122. The molecule has 1 aromatic carbocycles. The molecule has 2 aliphatic rings. The Morgan fingerprint density at radius 3 is 2.65 bits per heavy atom. The average Bonchev–Trinajstić information content (AvgIpc) is 2.92. The molecule has 1 aliphatic carbocycles. The maximum Gasteiger partial charge on any atom is 0.417 e. The second kappa shape index (κ2) is 7.52. The summed E-state index contributed by atoms with van der Waals surface area (Å²) in [7, 11) is 0. The molecule has 1 fully saturated rings. The van der Waals surface area contributed by atoms with Gasteiger partial charge in [0.05, 0.1) is 10.6 Å². The van der Waals surface area contributed by atoms with E-state index in [1.807, 2.05) is 24.3 Å². The number of rotatable bonds is 3. The van der Waals surface area contributed by atoms with Gasteiger partial charge in [-0.1, -0.05) is 35.9 Å². The Kier molecular flexibility index (Phi) is 5.12. The van der Waals surface area contributed by atoms with Crippen LogP contribution in [0.3, 0.4) is 0 Å². The first-order chi connectivity index (χ1) is 14.6. The number of nitrogens with one attached hydrogen (secondary N) is 2. The molecule has 0 saturated carbocycles. The van der Waals surface area contributed by atoms with Crippen molar-refractivity contribution < 1.29 is 27.6 Å². The van der Waals surface area contributed by atoms with E-state index in [0.29, 0.717) is 31.5 Å². The molecule has 31 heavy (non-hydrogen) atoms. The number of aryl methyl sites for hydroxylation is 1. The summed E-state index contributed by atoms with van der Waals surface area (Å²) in [6.07, 6.45) is -2.78. The van der Waals surface area contributed by atoms with Crippen molar-refractivity contribution in [2.45, 2.75) is 31.0 Å². The van der Waals surface area contributed by atoms with Crippen LogP contribution >= 0.6 is 11.6 Å². The van der Waals surface area contributed by atoms with Gasteiger partial charge in [0.25, 0.3) is 5.91 Å². The number of urea groups is 1. The van der Waals surface area contributed by atoms with Crippen molar-refractivity contribution in [2.75, 3.05) is 11.9 Å². The zero-order valence-corrected chi connectivity index (χ0v) is 16.7. The Morgan fingerprint density at radius 1 is 1.26 bits per heavy atom. The van der Waals surface area contributed by atoms with E-state index >= 15 is 0 Å². The van der Waals surface area contributed by atoms with Gasteiger partial charge in [0, 0.05) is 12.6 Å². The molecular weight excluding hydrogens is 437 g/mol. The van der Waals surface area contributed by atoms with Crippen LogP contribution in [0.2, 0.25) is 5.02 Å². The molecule has 11 heteroatoms. The topological polar surface area (TPSA) is 91.4 Å². The van der Waals surface area contributed by atoms with E-state index in [2.05, 4.69) is 15.6 Å². The van der Waals surface area contributed by atoms with Crippen molar-refractivity contribution in [1.29, 1.82) is 0 Å². The molecule has 2 aromatic rings. The predicted octanol–water partition coefficient (Wildman–Crippen LogP) is 3.17. The van der Waals surface area contributed by atoms with Crippen LogP contribution in [0.25, 0.3) is 0 Å². The number of aromatic nitrogens is 1. The molecular formula is C20H16ClF3N4O3. The van der Waals surface area contributed by atoms with Gasteiger partial charge >= 0.3 is 12.2 Å². The first-order valence-corrected chi connectivity index (χ1v) is 9.70. The van der Waals surface area contributed by atoms with Gasteiger partial charge in [-0.2, -0.15) is 13.2 Å². The number of amides is 4. The molecule has 7 nitrogen and oxygen atoms in total. The number of pyridine rings is 1. The Balaban J connectivity index is 1.46. The summed E-state index contributed by atoms with van der Waals surface area (Å²) in [4.78, 5) is 42.1. The van der Waals surface area contributed by atoms with E-state index in [4.69, 9.17) is 11.6 Å². The van der Waals surface area contributed by atoms with Crippen LogP contribution in [-0.4, -0.2) is 39.8 Å². The van der Waals surface area contributed by atoms with Crippen molar-refractivity contribution in [3.05, 3.63) is 58.2 Å². The molecule has 162 valence electrons. The average molecular weight is 453 g/mol. The third-order valence-corrected chi connectivity index (χ3v) is 5.69. The summed E-state index contributed by atoms with van der Waals surface area (Å²) in [5, 5.41) is 4.53. The first kappa shape index (κ1) is 21.1. The second-order valence-corrected chi connectivity index (χ2v) is 7.86. The highest BCUT2D eigenvalue weighted by molar-refractivity contribution is 6.33. The normalized spacial score (nSPS) is 20.6. The summed E-state index contributed by atoms with van der Waals surface area (Å²) in [6, 6.07) is 7.55. The summed E-state index contributed by atoms with van der Waals surface area (Å²) in [6.45, 7) is -0.618. The van der Waals surface area contributed by atoms with Gasteiger partial charge in [0.15, 0.2) is 5.82 Å². The minimum Gasteiger partial charge on any atom is -0.323 e. The van der Waals surface area contributed by atoms with Gasteiger partial charge in [0.2, 0.25) is 5.91 Å².